The van der Waals surface area contributed by atoms with Crippen LogP contribution < -0.4 is 16.7 Å². The van der Waals surface area contributed by atoms with Crippen LogP contribution in [0.4, 0.5) is 5.95 Å². The Morgan fingerprint density at radius 3 is 2.69 bits per heavy atom. The molecule has 10 heteroatoms. The Balaban J connectivity index is 2.02. The van der Waals surface area contributed by atoms with Gasteiger partial charge in [-0.05, 0) is 36.8 Å². The van der Waals surface area contributed by atoms with E-state index in [9.17, 15) is 19.8 Å². The number of anilines is 1. The van der Waals surface area contributed by atoms with Gasteiger partial charge in [-0.3, -0.25) is 14.3 Å². The van der Waals surface area contributed by atoms with Gasteiger partial charge in [-0.2, -0.15) is 10.1 Å². The van der Waals surface area contributed by atoms with Crippen molar-refractivity contribution in [2.24, 2.45) is 12.1 Å². The topological polar surface area (TPSA) is 138 Å². The summed E-state index contributed by atoms with van der Waals surface area (Å²) in [6, 6.07) is 6.40. The van der Waals surface area contributed by atoms with E-state index in [1.165, 1.54) is 34.5 Å². The molecule has 2 heterocycles. The third-order valence-corrected chi connectivity index (χ3v) is 3.73. The SMILES string of the molecule is CC(O)Cn1c(N/N=C/c2ccc(O)cc2)nc2c1c(=O)[nH]c(=O)n2C. The summed E-state index contributed by atoms with van der Waals surface area (Å²) in [5.41, 5.74) is 2.63. The van der Waals surface area contributed by atoms with Crippen molar-refractivity contribution < 1.29 is 10.2 Å². The molecule has 0 amide bonds. The number of aryl methyl sites for hydroxylation is 1. The maximum atomic E-state index is 12.2. The molecular weight excluding hydrogens is 340 g/mol. The minimum absolute atomic E-state index is 0.0921. The first kappa shape index (κ1) is 17.4. The number of aromatic amines is 1. The van der Waals surface area contributed by atoms with Gasteiger partial charge in [-0.1, -0.05) is 0 Å². The molecule has 136 valence electrons. The maximum absolute atomic E-state index is 12.2. The van der Waals surface area contributed by atoms with Crippen LogP contribution in [0.1, 0.15) is 12.5 Å². The Morgan fingerprint density at radius 1 is 1.35 bits per heavy atom. The molecule has 1 unspecified atom stereocenters. The van der Waals surface area contributed by atoms with Crippen LogP contribution in [-0.2, 0) is 13.6 Å². The van der Waals surface area contributed by atoms with E-state index < -0.39 is 17.4 Å². The molecule has 0 bridgehead atoms. The fourth-order valence-corrected chi connectivity index (χ4v) is 2.49. The second kappa shape index (κ2) is 6.84. The van der Waals surface area contributed by atoms with Gasteiger partial charge in [-0.25, -0.2) is 10.2 Å². The van der Waals surface area contributed by atoms with Gasteiger partial charge in [-0.15, -0.1) is 0 Å². The smallest absolute Gasteiger partial charge is 0.329 e. The molecule has 0 aliphatic rings. The van der Waals surface area contributed by atoms with E-state index in [0.29, 0.717) is 0 Å². The molecule has 0 radical (unpaired) electrons. The second-order valence-corrected chi connectivity index (χ2v) is 5.85. The summed E-state index contributed by atoms with van der Waals surface area (Å²) in [6.45, 7) is 1.67. The molecule has 2 aromatic heterocycles. The number of nitrogens with zero attached hydrogens (tertiary/aromatic N) is 4. The number of aliphatic hydroxyl groups excluding tert-OH is 1. The summed E-state index contributed by atoms with van der Waals surface area (Å²) < 4.78 is 2.68. The van der Waals surface area contributed by atoms with Crippen molar-refractivity contribution in [3.8, 4) is 5.75 Å². The minimum Gasteiger partial charge on any atom is -0.508 e. The first-order valence-corrected chi connectivity index (χ1v) is 7.82. The van der Waals surface area contributed by atoms with Crippen molar-refractivity contribution in [2.45, 2.75) is 19.6 Å². The number of phenolic OH excluding ortho intramolecular Hbond substituents is 1. The third kappa shape index (κ3) is 3.35. The van der Waals surface area contributed by atoms with E-state index in [0.717, 1.165) is 5.56 Å². The average molecular weight is 358 g/mol. The largest absolute Gasteiger partial charge is 0.508 e. The van der Waals surface area contributed by atoms with Gasteiger partial charge in [0.2, 0.25) is 5.95 Å². The summed E-state index contributed by atoms with van der Waals surface area (Å²) in [4.78, 5) is 30.4. The Morgan fingerprint density at radius 2 is 2.04 bits per heavy atom. The van der Waals surface area contributed by atoms with E-state index in [1.807, 2.05) is 0 Å². The molecule has 4 N–H and O–H groups in total. The van der Waals surface area contributed by atoms with Crippen LogP contribution in [0.3, 0.4) is 0 Å². The summed E-state index contributed by atoms with van der Waals surface area (Å²) in [5, 5.41) is 23.1. The highest BCUT2D eigenvalue weighted by atomic mass is 16.3. The van der Waals surface area contributed by atoms with Gasteiger partial charge in [0.25, 0.3) is 5.56 Å². The third-order valence-electron chi connectivity index (χ3n) is 3.73. The van der Waals surface area contributed by atoms with Crippen LogP contribution in [0.15, 0.2) is 39.0 Å². The van der Waals surface area contributed by atoms with E-state index in [2.05, 4.69) is 20.5 Å². The molecule has 3 rings (SSSR count). The molecule has 0 spiro atoms. The Kier molecular flexibility index (Phi) is 4.59. The lowest BCUT2D eigenvalue weighted by Crippen LogP contribution is -2.29. The zero-order valence-electron chi connectivity index (χ0n) is 14.2. The number of aliphatic hydroxyl groups is 1. The quantitative estimate of drug-likeness (QED) is 0.373. The molecule has 0 saturated heterocycles. The second-order valence-electron chi connectivity index (χ2n) is 5.85. The van der Waals surface area contributed by atoms with Gasteiger partial charge in [0.1, 0.15) is 5.75 Å². The number of imidazole rings is 1. The van der Waals surface area contributed by atoms with E-state index in [1.54, 1.807) is 19.1 Å². The number of aromatic hydroxyl groups is 1. The van der Waals surface area contributed by atoms with Gasteiger partial charge in [0.15, 0.2) is 11.2 Å². The molecule has 1 aromatic carbocycles. The number of nitrogens with one attached hydrogen (secondary N) is 2. The molecule has 0 aliphatic carbocycles. The molecule has 0 fully saturated rings. The molecule has 0 aliphatic heterocycles. The lowest BCUT2D eigenvalue weighted by Gasteiger charge is -2.09. The number of phenols is 1. The lowest BCUT2D eigenvalue weighted by molar-refractivity contribution is 0.175. The van der Waals surface area contributed by atoms with Crippen molar-refractivity contribution in [2.75, 3.05) is 5.43 Å². The zero-order valence-corrected chi connectivity index (χ0v) is 14.2. The summed E-state index contributed by atoms with van der Waals surface area (Å²) in [5.74, 6) is 0.358. The van der Waals surface area contributed by atoms with Crippen LogP contribution in [0, 0.1) is 0 Å². The standard InChI is InChI=1S/C16H18N6O4/c1-9(23)8-22-12-13(21(2)16(26)19-14(12)25)18-15(22)20-17-7-10-3-5-11(24)6-4-10/h3-7,9,23-24H,8H2,1-2H3,(H,18,20)(H,19,25,26)/b17-7+. The molecule has 10 nitrogen and oxygen atoms in total. The molecular formula is C16H18N6O4. The molecule has 26 heavy (non-hydrogen) atoms. The van der Waals surface area contributed by atoms with Gasteiger partial charge in [0, 0.05) is 7.05 Å². The fourth-order valence-electron chi connectivity index (χ4n) is 2.49. The Bertz CT molecular complexity index is 1080. The van der Waals surface area contributed by atoms with Gasteiger partial charge in [0.05, 0.1) is 18.9 Å². The summed E-state index contributed by atoms with van der Waals surface area (Å²) in [7, 11) is 1.49. The van der Waals surface area contributed by atoms with E-state index >= 15 is 0 Å². The van der Waals surface area contributed by atoms with Crippen molar-refractivity contribution >= 4 is 23.3 Å². The highest BCUT2D eigenvalue weighted by Gasteiger charge is 2.18. The van der Waals surface area contributed by atoms with Crippen LogP contribution >= 0.6 is 0 Å². The highest BCUT2D eigenvalue weighted by Crippen LogP contribution is 2.16. The van der Waals surface area contributed by atoms with Crippen molar-refractivity contribution in [3.05, 3.63) is 50.7 Å². The highest BCUT2D eigenvalue weighted by molar-refractivity contribution is 5.80. The van der Waals surface area contributed by atoms with Crippen molar-refractivity contribution in [1.29, 1.82) is 0 Å². The number of hydrogen-bond acceptors (Lipinski definition) is 7. The predicted octanol–water partition coefficient (Wildman–Crippen LogP) is -0.0443. The van der Waals surface area contributed by atoms with Crippen LogP contribution in [0.2, 0.25) is 0 Å². The number of H-pyrrole nitrogens is 1. The molecule has 3 aromatic rings. The maximum Gasteiger partial charge on any atom is 0.329 e. The zero-order chi connectivity index (χ0) is 18.8. The Labute approximate surface area is 147 Å². The number of rotatable bonds is 5. The number of hydrazone groups is 1. The average Bonchev–Trinajstić information content (AvgIpc) is 2.93. The van der Waals surface area contributed by atoms with Crippen LogP contribution in [-0.4, -0.2) is 41.6 Å². The fraction of sp³-hybridized carbons (Fsp3) is 0.250. The first-order valence-electron chi connectivity index (χ1n) is 7.82. The van der Waals surface area contributed by atoms with Crippen LogP contribution in [0.25, 0.3) is 11.2 Å². The van der Waals surface area contributed by atoms with Crippen molar-refractivity contribution in [3.63, 3.8) is 0 Å². The van der Waals surface area contributed by atoms with Crippen molar-refractivity contribution in [1.82, 2.24) is 19.1 Å². The monoisotopic (exact) mass is 358 g/mol. The predicted molar refractivity (Wildman–Crippen MR) is 96.6 cm³/mol. The minimum atomic E-state index is -0.745. The summed E-state index contributed by atoms with van der Waals surface area (Å²) in [6.07, 6.45) is 0.764. The normalized spacial score (nSPS) is 12.7. The Hall–Kier alpha value is -3.40. The number of fused-ring (bicyclic) bond motifs is 1. The molecule has 0 saturated carbocycles. The number of hydrogen-bond donors (Lipinski definition) is 4. The summed E-state index contributed by atoms with van der Waals surface area (Å²) >= 11 is 0. The van der Waals surface area contributed by atoms with Crippen LogP contribution in [0.5, 0.6) is 5.75 Å². The van der Waals surface area contributed by atoms with Gasteiger partial charge >= 0.3 is 5.69 Å². The first-order chi connectivity index (χ1) is 12.4. The lowest BCUT2D eigenvalue weighted by atomic mass is 10.2. The molecule has 1 atom stereocenters. The van der Waals surface area contributed by atoms with Gasteiger partial charge < -0.3 is 14.8 Å². The number of benzene rings is 1. The number of aromatic nitrogens is 4. The van der Waals surface area contributed by atoms with E-state index in [-0.39, 0.29) is 29.4 Å². The van der Waals surface area contributed by atoms with E-state index in [4.69, 9.17) is 0 Å².